The Kier molecular flexibility index (Phi) is 29.2. The standard InChI is InChI=1S/C8H11N.C8H16O.2C7H10N2.C7H15NO.C6H9N3.CH4/c2*1-7(2)8-3-5-9-6-4-8;1-6(2)7-3-4-8-5-9-7;1-6(2)7-3-4-8-9-5-7;1-7(2)8-3-5-9-6-4-8;1-5(2)6-8-3-7-4-9-6;/h3-7H,1-2H3;7-8H,3-6H2,1-2H3;2*3-6H,1-2H3;7H,3-6H2,1-2H3;3-5H,1-2H3;1H4. The summed E-state index contributed by atoms with van der Waals surface area (Å²) in [6.45, 7) is 32.0. The largest absolute Gasteiger partial charge is 0.381 e. The molecule has 0 saturated carbocycles. The molecule has 0 amide bonds. The van der Waals surface area contributed by atoms with Gasteiger partial charge in [0.1, 0.15) is 24.8 Å². The quantitative estimate of drug-likeness (QED) is 0.186. The van der Waals surface area contributed by atoms with Crippen LogP contribution in [-0.4, -0.2) is 90.6 Å². The van der Waals surface area contributed by atoms with Crippen molar-refractivity contribution in [2.75, 3.05) is 39.5 Å². The minimum absolute atomic E-state index is 0. The predicted octanol–water partition coefficient (Wildman–Crippen LogP) is 9.83. The summed E-state index contributed by atoms with van der Waals surface area (Å²) in [5.41, 5.74) is 3.69. The van der Waals surface area contributed by atoms with Crippen molar-refractivity contribution in [3.63, 3.8) is 0 Å². The highest BCUT2D eigenvalue weighted by molar-refractivity contribution is 5.13. The van der Waals surface area contributed by atoms with Gasteiger partial charge in [-0.15, -0.1) is 0 Å². The van der Waals surface area contributed by atoms with Crippen LogP contribution in [0.5, 0.6) is 0 Å². The second-order valence-corrected chi connectivity index (χ2v) is 15.1. The van der Waals surface area contributed by atoms with Crippen LogP contribution in [0, 0.1) is 11.8 Å². The highest BCUT2D eigenvalue weighted by Crippen LogP contribution is 2.22. The van der Waals surface area contributed by atoms with E-state index >= 15 is 0 Å². The molecule has 0 spiro atoms. The van der Waals surface area contributed by atoms with Crippen LogP contribution in [0.4, 0.5) is 0 Å². The molecule has 2 aliphatic heterocycles. The highest BCUT2D eigenvalue weighted by Gasteiger charge is 2.16. The van der Waals surface area contributed by atoms with Crippen molar-refractivity contribution in [1.82, 2.24) is 45.0 Å². The van der Waals surface area contributed by atoms with Crippen LogP contribution < -0.4 is 0 Å². The van der Waals surface area contributed by atoms with Crippen molar-refractivity contribution >= 4 is 0 Å². The Morgan fingerprint density at radius 1 is 0.545 bits per heavy atom. The fraction of sp³-hybridized carbons (Fsp3) is 0.636. The number of pyridine rings is 1. The molecule has 2 fully saturated rings. The van der Waals surface area contributed by atoms with E-state index in [2.05, 4.69) is 128 Å². The molecule has 2 saturated heterocycles. The molecule has 6 rings (SSSR count). The van der Waals surface area contributed by atoms with E-state index in [0.717, 1.165) is 62.9 Å². The third kappa shape index (κ3) is 25.1. The van der Waals surface area contributed by atoms with E-state index in [4.69, 9.17) is 9.47 Å². The van der Waals surface area contributed by atoms with Gasteiger partial charge in [0, 0.05) is 68.7 Å². The van der Waals surface area contributed by atoms with Crippen LogP contribution in [0.1, 0.15) is 150 Å². The smallest absolute Gasteiger partial charge is 0.134 e. The summed E-state index contributed by atoms with van der Waals surface area (Å²) in [6.07, 6.45) is 16.1. The van der Waals surface area contributed by atoms with Gasteiger partial charge in [-0.1, -0.05) is 76.7 Å². The first-order valence-corrected chi connectivity index (χ1v) is 19.8. The molecule has 0 aromatic carbocycles. The summed E-state index contributed by atoms with van der Waals surface area (Å²) in [4.78, 5) is 25.9. The highest BCUT2D eigenvalue weighted by atomic mass is 16.5. The van der Waals surface area contributed by atoms with Crippen LogP contribution in [0.3, 0.4) is 0 Å². The van der Waals surface area contributed by atoms with Gasteiger partial charge in [-0.2, -0.15) is 10.2 Å². The molecule has 0 bridgehead atoms. The minimum Gasteiger partial charge on any atom is -0.381 e. The van der Waals surface area contributed by atoms with E-state index in [1.807, 2.05) is 36.7 Å². The number of hydrogen-bond donors (Lipinski definition) is 0. The molecule has 2 aliphatic rings. The van der Waals surface area contributed by atoms with E-state index in [0.29, 0.717) is 29.7 Å². The molecule has 0 radical (unpaired) electrons. The first-order chi connectivity index (χ1) is 25.8. The van der Waals surface area contributed by atoms with E-state index in [9.17, 15) is 0 Å². The fourth-order valence-electron chi connectivity index (χ4n) is 5.06. The van der Waals surface area contributed by atoms with Gasteiger partial charge in [0.05, 0.1) is 19.4 Å². The van der Waals surface area contributed by atoms with Crippen molar-refractivity contribution in [2.24, 2.45) is 11.8 Å². The second-order valence-electron chi connectivity index (χ2n) is 15.1. The molecule has 55 heavy (non-hydrogen) atoms. The van der Waals surface area contributed by atoms with Gasteiger partial charge >= 0.3 is 0 Å². The Balaban J connectivity index is 0.000000634. The number of aromatic nitrogens is 8. The van der Waals surface area contributed by atoms with Crippen LogP contribution in [-0.2, 0) is 9.47 Å². The van der Waals surface area contributed by atoms with Crippen LogP contribution >= 0.6 is 0 Å². The third-order valence-corrected chi connectivity index (χ3v) is 8.86. The molecule has 308 valence electrons. The van der Waals surface area contributed by atoms with Gasteiger partial charge in [-0.25, -0.2) is 24.9 Å². The van der Waals surface area contributed by atoms with E-state index in [-0.39, 0.29) is 7.43 Å². The number of rotatable bonds is 6. The minimum atomic E-state index is 0. The number of morpholine rings is 1. The number of hydrogen-bond acceptors (Lipinski definition) is 11. The van der Waals surface area contributed by atoms with Crippen molar-refractivity contribution in [3.05, 3.63) is 96.9 Å². The average Bonchev–Trinajstić information content (AvgIpc) is 3.21. The summed E-state index contributed by atoms with van der Waals surface area (Å²) >= 11 is 0. The molecule has 4 aromatic heterocycles. The Hall–Kier alpha value is -3.80. The van der Waals surface area contributed by atoms with Gasteiger partial charge in [-0.3, -0.25) is 9.88 Å². The SMILES string of the molecule is C.CC(C)C1CCOCC1.CC(C)N1CCOCC1.CC(C)c1ccncc1.CC(C)c1ccncn1.CC(C)c1ccnnc1.CC(C)c1ncncn1. The first kappa shape index (κ1) is 51.2. The zero-order chi connectivity index (χ0) is 40.1. The van der Waals surface area contributed by atoms with Crippen molar-refractivity contribution in [1.29, 1.82) is 0 Å². The molecular weight excluding hydrogens is 687 g/mol. The summed E-state index contributed by atoms with van der Waals surface area (Å²) in [7, 11) is 0. The van der Waals surface area contributed by atoms with Gasteiger partial charge in [0.2, 0.25) is 0 Å². The predicted molar refractivity (Wildman–Crippen MR) is 227 cm³/mol. The Morgan fingerprint density at radius 3 is 1.40 bits per heavy atom. The third-order valence-electron chi connectivity index (χ3n) is 8.86. The Morgan fingerprint density at radius 2 is 1.07 bits per heavy atom. The topological polar surface area (TPSA) is 125 Å². The van der Waals surface area contributed by atoms with E-state index < -0.39 is 0 Å². The lowest BCUT2D eigenvalue weighted by atomic mass is 9.89. The lowest BCUT2D eigenvalue weighted by molar-refractivity contribution is 0.0238. The van der Waals surface area contributed by atoms with Crippen molar-refractivity contribution in [3.8, 4) is 0 Å². The van der Waals surface area contributed by atoms with Gasteiger partial charge in [0.25, 0.3) is 0 Å². The lowest BCUT2D eigenvalue weighted by Crippen LogP contribution is -2.40. The Bertz CT molecular complexity index is 1190. The summed E-state index contributed by atoms with van der Waals surface area (Å²) in [5.74, 6) is 4.71. The zero-order valence-electron chi connectivity index (χ0n) is 35.5. The molecule has 0 atom stereocenters. The van der Waals surface area contributed by atoms with Crippen LogP contribution in [0.15, 0.2) is 74.2 Å². The molecule has 11 nitrogen and oxygen atoms in total. The molecule has 0 aliphatic carbocycles. The Labute approximate surface area is 335 Å². The van der Waals surface area contributed by atoms with Crippen molar-refractivity contribution in [2.45, 2.75) is 133 Å². The maximum absolute atomic E-state index is 5.25. The molecule has 0 unspecified atom stereocenters. The van der Waals surface area contributed by atoms with Crippen LogP contribution in [0.25, 0.3) is 0 Å². The molecular formula is C44H75N9O2. The monoisotopic (exact) mass is 762 g/mol. The maximum Gasteiger partial charge on any atom is 0.134 e. The summed E-state index contributed by atoms with van der Waals surface area (Å²) in [5, 5.41) is 7.43. The lowest BCUT2D eigenvalue weighted by Gasteiger charge is -2.29. The molecule has 0 N–H and O–H groups in total. The second kappa shape index (κ2) is 31.4. The maximum atomic E-state index is 5.25. The van der Waals surface area contributed by atoms with Crippen LogP contribution in [0.2, 0.25) is 0 Å². The number of nitrogens with zero attached hydrogens (tertiary/aromatic N) is 9. The van der Waals surface area contributed by atoms with Gasteiger partial charge < -0.3 is 9.47 Å². The van der Waals surface area contributed by atoms with E-state index in [1.54, 1.807) is 24.9 Å². The molecule has 11 heteroatoms. The normalized spacial score (nSPS) is 14.1. The number of ether oxygens (including phenoxy) is 2. The summed E-state index contributed by atoms with van der Waals surface area (Å²) < 4.78 is 10.5. The van der Waals surface area contributed by atoms with Crippen molar-refractivity contribution < 1.29 is 9.47 Å². The average molecular weight is 762 g/mol. The first-order valence-electron chi connectivity index (χ1n) is 19.8. The molecule has 4 aromatic rings. The fourth-order valence-corrected chi connectivity index (χ4v) is 5.06. The summed E-state index contributed by atoms with van der Waals surface area (Å²) in [6, 6.07) is 8.70. The zero-order valence-corrected chi connectivity index (χ0v) is 35.5. The van der Waals surface area contributed by atoms with Gasteiger partial charge in [-0.05, 0) is 91.7 Å². The van der Waals surface area contributed by atoms with E-state index in [1.165, 1.54) is 36.6 Å². The molecule has 6 heterocycles. The van der Waals surface area contributed by atoms with Gasteiger partial charge in [0.15, 0.2) is 0 Å².